The molecule has 15 heavy (non-hydrogen) atoms. The first-order valence-electron chi connectivity index (χ1n) is 4.70. The Morgan fingerprint density at radius 3 is 2.67 bits per heavy atom. The first kappa shape index (κ1) is 12.0. The topological polar surface area (TPSA) is 72.2 Å². The number of benzene rings is 1. The van der Waals surface area contributed by atoms with E-state index in [1.54, 1.807) is 18.2 Å². The van der Waals surface area contributed by atoms with Gasteiger partial charge in [-0.1, -0.05) is 6.07 Å². The maximum Gasteiger partial charge on any atom is 0.175 e. The molecule has 0 aliphatic heterocycles. The summed E-state index contributed by atoms with van der Waals surface area (Å²) in [6.45, 7) is 2.44. The number of rotatable bonds is 4. The van der Waals surface area contributed by atoms with Gasteiger partial charge < -0.3 is 11.1 Å². The third-order valence-electron chi connectivity index (χ3n) is 2.03. The molecular formula is C10H16N2O2S. The Morgan fingerprint density at radius 2 is 2.13 bits per heavy atom. The average Bonchev–Trinajstić information content (AvgIpc) is 2.17. The molecule has 1 atom stereocenters. The molecular weight excluding hydrogens is 212 g/mol. The first-order valence-corrected chi connectivity index (χ1v) is 6.59. The van der Waals surface area contributed by atoms with Crippen molar-refractivity contribution in [3.63, 3.8) is 0 Å². The van der Waals surface area contributed by atoms with Crippen molar-refractivity contribution in [2.45, 2.75) is 17.9 Å². The molecule has 1 rings (SSSR count). The normalized spacial score (nSPS) is 13.5. The molecule has 1 unspecified atom stereocenters. The van der Waals surface area contributed by atoms with Gasteiger partial charge in [0, 0.05) is 24.5 Å². The zero-order valence-electron chi connectivity index (χ0n) is 8.90. The number of hydrogen-bond donors (Lipinski definition) is 2. The quantitative estimate of drug-likeness (QED) is 0.801. The maximum atomic E-state index is 11.3. The molecule has 0 aliphatic rings. The lowest BCUT2D eigenvalue weighted by molar-refractivity contribution is 0.602. The van der Waals surface area contributed by atoms with Crippen LogP contribution in [0, 0.1) is 0 Å². The molecule has 0 saturated carbocycles. The summed E-state index contributed by atoms with van der Waals surface area (Å²) in [6, 6.07) is 6.84. The van der Waals surface area contributed by atoms with Crippen LogP contribution in [0.3, 0.4) is 0 Å². The SMILES string of the molecule is CC(CN)Nc1cccc(S(C)(=O)=O)c1. The van der Waals surface area contributed by atoms with E-state index < -0.39 is 9.84 Å². The Kier molecular flexibility index (Phi) is 3.71. The summed E-state index contributed by atoms with van der Waals surface area (Å²) >= 11 is 0. The van der Waals surface area contributed by atoms with Crippen molar-refractivity contribution in [1.29, 1.82) is 0 Å². The van der Waals surface area contributed by atoms with Crippen LogP contribution in [0.25, 0.3) is 0 Å². The van der Waals surface area contributed by atoms with Crippen molar-refractivity contribution in [2.75, 3.05) is 18.1 Å². The van der Waals surface area contributed by atoms with Gasteiger partial charge in [0.1, 0.15) is 0 Å². The van der Waals surface area contributed by atoms with E-state index in [-0.39, 0.29) is 6.04 Å². The minimum absolute atomic E-state index is 0.125. The van der Waals surface area contributed by atoms with Crippen molar-refractivity contribution in [1.82, 2.24) is 0 Å². The number of nitrogens with one attached hydrogen (secondary N) is 1. The maximum absolute atomic E-state index is 11.3. The van der Waals surface area contributed by atoms with E-state index >= 15 is 0 Å². The lowest BCUT2D eigenvalue weighted by atomic mass is 10.2. The minimum Gasteiger partial charge on any atom is -0.381 e. The second kappa shape index (κ2) is 4.63. The highest BCUT2D eigenvalue weighted by Gasteiger charge is 2.07. The molecule has 0 saturated heterocycles. The van der Waals surface area contributed by atoms with Gasteiger partial charge in [-0.25, -0.2) is 8.42 Å². The van der Waals surface area contributed by atoms with Gasteiger partial charge in [-0.2, -0.15) is 0 Å². The Morgan fingerprint density at radius 1 is 1.47 bits per heavy atom. The van der Waals surface area contributed by atoms with Crippen LogP contribution in [0.4, 0.5) is 5.69 Å². The van der Waals surface area contributed by atoms with E-state index in [2.05, 4.69) is 5.32 Å². The predicted octanol–water partition coefficient (Wildman–Crippen LogP) is 0.849. The summed E-state index contributed by atoms with van der Waals surface area (Å²) < 4.78 is 22.6. The summed E-state index contributed by atoms with van der Waals surface area (Å²) in [4.78, 5) is 0.316. The molecule has 0 amide bonds. The monoisotopic (exact) mass is 228 g/mol. The van der Waals surface area contributed by atoms with E-state index in [0.717, 1.165) is 5.69 Å². The zero-order valence-corrected chi connectivity index (χ0v) is 9.71. The van der Waals surface area contributed by atoms with Gasteiger partial charge in [-0.3, -0.25) is 0 Å². The van der Waals surface area contributed by atoms with Gasteiger partial charge in [-0.05, 0) is 25.1 Å². The van der Waals surface area contributed by atoms with Crippen LogP contribution in [0.2, 0.25) is 0 Å². The highest BCUT2D eigenvalue weighted by Crippen LogP contribution is 2.15. The molecule has 84 valence electrons. The second-order valence-electron chi connectivity index (χ2n) is 3.58. The van der Waals surface area contributed by atoms with E-state index in [0.29, 0.717) is 11.4 Å². The largest absolute Gasteiger partial charge is 0.381 e. The van der Waals surface area contributed by atoms with E-state index in [1.165, 1.54) is 6.26 Å². The lowest BCUT2D eigenvalue weighted by Crippen LogP contribution is -2.25. The molecule has 0 fully saturated rings. The van der Waals surface area contributed by atoms with Crippen molar-refractivity contribution < 1.29 is 8.42 Å². The van der Waals surface area contributed by atoms with Crippen molar-refractivity contribution in [3.8, 4) is 0 Å². The van der Waals surface area contributed by atoms with Gasteiger partial charge in [0.05, 0.1) is 4.90 Å². The molecule has 1 aromatic carbocycles. The standard InChI is InChI=1S/C10H16N2O2S/c1-8(7-11)12-9-4-3-5-10(6-9)15(2,13)14/h3-6,8,12H,7,11H2,1-2H3. The zero-order chi connectivity index (χ0) is 11.5. The molecule has 3 N–H and O–H groups in total. The Balaban J connectivity index is 2.94. The fraction of sp³-hybridized carbons (Fsp3) is 0.400. The molecule has 0 spiro atoms. The Hall–Kier alpha value is -1.07. The third kappa shape index (κ3) is 3.53. The molecule has 0 aromatic heterocycles. The average molecular weight is 228 g/mol. The van der Waals surface area contributed by atoms with Gasteiger partial charge in [0.25, 0.3) is 0 Å². The first-order chi connectivity index (χ1) is 6.93. The van der Waals surface area contributed by atoms with Crippen LogP contribution in [-0.2, 0) is 9.84 Å². The van der Waals surface area contributed by atoms with Crippen LogP contribution in [0.5, 0.6) is 0 Å². The number of anilines is 1. The minimum atomic E-state index is -3.14. The van der Waals surface area contributed by atoms with Gasteiger partial charge in [-0.15, -0.1) is 0 Å². The molecule has 5 heteroatoms. The number of hydrogen-bond acceptors (Lipinski definition) is 4. The van der Waals surface area contributed by atoms with Crippen molar-refractivity contribution in [3.05, 3.63) is 24.3 Å². The van der Waals surface area contributed by atoms with E-state index in [9.17, 15) is 8.42 Å². The Labute approximate surface area is 90.4 Å². The highest BCUT2D eigenvalue weighted by atomic mass is 32.2. The van der Waals surface area contributed by atoms with Crippen molar-refractivity contribution >= 4 is 15.5 Å². The van der Waals surface area contributed by atoms with Crippen LogP contribution < -0.4 is 11.1 Å². The van der Waals surface area contributed by atoms with E-state index in [1.807, 2.05) is 13.0 Å². The van der Waals surface area contributed by atoms with E-state index in [4.69, 9.17) is 5.73 Å². The molecule has 0 radical (unpaired) electrons. The van der Waals surface area contributed by atoms with Crippen LogP contribution in [0.1, 0.15) is 6.92 Å². The fourth-order valence-electron chi connectivity index (χ4n) is 1.16. The predicted molar refractivity (Wildman–Crippen MR) is 61.7 cm³/mol. The van der Waals surface area contributed by atoms with Crippen LogP contribution >= 0.6 is 0 Å². The molecule has 1 aromatic rings. The molecule has 4 nitrogen and oxygen atoms in total. The summed E-state index contributed by atoms with van der Waals surface area (Å²) in [5.41, 5.74) is 6.24. The summed E-state index contributed by atoms with van der Waals surface area (Å²) in [5.74, 6) is 0. The van der Waals surface area contributed by atoms with Crippen LogP contribution in [-0.4, -0.2) is 27.3 Å². The highest BCUT2D eigenvalue weighted by molar-refractivity contribution is 7.90. The Bertz CT molecular complexity index is 429. The lowest BCUT2D eigenvalue weighted by Gasteiger charge is -2.13. The second-order valence-corrected chi connectivity index (χ2v) is 5.60. The van der Waals surface area contributed by atoms with Gasteiger partial charge in [0.15, 0.2) is 9.84 Å². The number of sulfone groups is 1. The molecule has 0 bridgehead atoms. The molecule has 0 aliphatic carbocycles. The summed E-state index contributed by atoms with van der Waals surface area (Å²) in [5, 5.41) is 3.11. The van der Waals surface area contributed by atoms with Crippen LogP contribution in [0.15, 0.2) is 29.2 Å². The van der Waals surface area contributed by atoms with Gasteiger partial charge in [0.2, 0.25) is 0 Å². The van der Waals surface area contributed by atoms with Crippen molar-refractivity contribution in [2.24, 2.45) is 5.73 Å². The summed E-state index contributed by atoms with van der Waals surface area (Å²) in [7, 11) is -3.14. The smallest absolute Gasteiger partial charge is 0.175 e. The fourth-order valence-corrected chi connectivity index (χ4v) is 1.83. The number of nitrogens with two attached hydrogens (primary N) is 1. The summed E-state index contributed by atoms with van der Waals surface area (Å²) in [6.07, 6.45) is 1.19. The van der Waals surface area contributed by atoms with Gasteiger partial charge >= 0.3 is 0 Å². The third-order valence-corrected chi connectivity index (χ3v) is 3.14. The molecule has 0 heterocycles.